The normalized spacial score (nSPS) is 26.2. The number of aliphatic carboxylic acids is 2. The summed E-state index contributed by atoms with van der Waals surface area (Å²) < 4.78 is 0. The van der Waals surface area contributed by atoms with Crippen LogP contribution in [0.3, 0.4) is 0 Å². The van der Waals surface area contributed by atoms with E-state index < -0.39 is 59.3 Å². The molecule has 4 unspecified atom stereocenters. The number of carboxylic acid groups (broad SMARTS) is 2. The molecule has 0 spiro atoms. The highest BCUT2D eigenvalue weighted by molar-refractivity contribution is 6.00. The van der Waals surface area contributed by atoms with Gasteiger partial charge in [-0.3, -0.25) is 19.2 Å². The van der Waals surface area contributed by atoms with Crippen LogP contribution in [0.1, 0.15) is 17.5 Å². The molecule has 0 aliphatic heterocycles. The zero-order valence-electron chi connectivity index (χ0n) is 18.5. The van der Waals surface area contributed by atoms with E-state index in [4.69, 9.17) is 12.8 Å². The van der Waals surface area contributed by atoms with Crippen LogP contribution in [0.2, 0.25) is 0 Å². The lowest BCUT2D eigenvalue weighted by Crippen LogP contribution is -2.49. The molecule has 8 nitrogen and oxygen atoms in total. The number of hydrogen-bond acceptors (Lipinski definition) is 4. The monoisotopic (exact) mass is 470 g/mol. The number of hydrogen-bond donors (Lipinski definition) is 4. The van der Waals surface area contributed by atoms with E-state index in [1.165, 1.54) is 0 Å². The number of carbonyl (C=O) groups excluding carboxylic acids is 2. The average molecular weight is 470 g/mol. The van der Waals surface area contributed by atoms with E-state index in [0.29, 0.717) is 22.5 Å². The van der Waals surface area contributed by atoms with Crippen LogP contribution in [0.5, 0.6) is 0 Å². The van der Waals surface area contributed by atoms with E-state index >= 15 is 0 Å². The fraction of sp³-hybridized carbons (Fsp3) is 0.259. The lowest BCUT2D eigenvalue weighted by molar-refractivity contribution is -0.159. The van der Waals surface area contributed by atoms with Crippen molar-refractivity contribution in [2.75, 3.05) is 10.6 Å². The van der Waals surface area contributed by atoms with Crippen molar-refractivity contribution in [2.24, 2.45) is 35.5 Å². The lowest BCUT2D eigenvalue weighted by Gasteiger charge is -2.36. The molecule has 35 heavy (non-hydrogen) atoms. The predicted octanol–water partition coefficient (Wildman–Crippen LogP) is 2.51. The number of carboxylic acids is 2. The number of carbonyl (C=O) groups is 4. The Morgan fingerprint density at radius 3 is 1.49 bits per heavy atom. The molecule has 0 radical (unpaired) electrons. The number of benzene rings is 2. The third kappa shape index (κ3) is 4.34. The van der Waals surface area contributed by atoms with Gasteiger partial charge in [0.2, 0.25) is 11.8 Å². The molecule has 2 aliphatic carbocycles. The molecule has 0 aromatic heterocycles. The molecule has 4 N–H and O–H groups in total. The molecule has 2 aromatic carbocycles. The van der Waals surface area contributed by atoms with Crippen molar-refractivity contribution < 1.29 is 29.4 Å². The molecular weight excluding hydrogens is 448 g/mol. The van der Waals surface area contributed by atoms with Crippen LogP contribution in [-0.2, 0) is 19.2 Å². The van der Waals surface area contributed by atoms with Crippen molar-refractivity contribution >= 4 is 35.1 Å². The van der Waals surface area contributed by atoms with Crippen molar-refractivity contribution in [2.45, 2.75) is 6.42 Å². The molecule has 0 heterocycles. The van der Waals surface area contributed by atoms with Crippen LogP contribution in [0, 0.1) is 60.2 Å². The van der Waals surface area contributed by atoms with Crippen LogP contribution in [-0.4, -0.2) is 34.0 Å². The molecule has 4 atom stereocenters. The minimum absolute atomic E-state index is 0.138. The maximum Gasteiger partial charge on any atom is 0.307 e. The molecule has 176 valence electrons. The summed E-state index contributed by atoms with van der Waals surface area (Å²) in [5.74, 6) is -5.05. The van der Waals surface area contributed by atoms with Gasteiger partial charge in [-0.1, -0.05) is 24.0 Å². The van der Waals surface area contributed by atoms with Crippen molar-refractivity contribution in [3.63, 3.8) is 0 Å². The second-order valence-corrected chi connectivity index (χ2v) is 8.77. The molecule has 2 aliphatic rings. The van der Waals surface area contributed by atoms with Crippen molar-refractivity contribution in [3.05, 3.63) is 59.7 Å². The maximum atomic E-state index is 13.3. The predicted molar refractivity (Wildman–Crippen MR) is 127 cm³/mol. The smallest absolute Gasteiger partial charge is 0.307 e. The molecule has 2 saturated carbocycles. The van der Waals surface area contributed by atoms with Gasteiger partial charge in [0.1, 0.15) is 0 Å². The van der Waals surface area contributed by atoms with Crippen LogP contribution in [0.15, 0.2) is 48.5 Å². The van der Waals surface area contributed by atoms with E-state index in [9.17, 15) is 29.4 Å². The van der Waals surface area contributed by atoms with E-state index in [0.717, 1.165) is 0 Å². The minimum atomic E-state index is -1.26. The summed E-state index contributed by atoms with van der Waals surface area (Å²) in [7, 11) is 0. The molecule has 4 rings (SSSR count). The first kappa shape index (κ1) is 23.6. The summed E-state index contributed by atoms with van der Waals surface area (Å²) in [4.78, 5) is 50.8. The number of nitrogens with one attached hydrogen (secondary N) is 2. The Kier molecular flexibility index (Phi) is 6.31. The third-order valence-electron chi connectivity index (χ3n) is 6.93. The second kappa shape index (κ2) is 9.36. The van der Waals surface area contributed by atoms with Crippen LogP contribution in [0.25, 0.3) is 0 Å². The van der Waals surface area contributed by atoms with Gasteiger partial charge in [0.15, 0.2) is 0 Å². The Bertz CT molecular complexity index is 1210. The minimum Gasteiger partial charge on any atom is -0.481 e. The summed E-state index contributed by atoms with van der Waals surface area (Å²) in [6.07, 6.45) is 11.0. The van der Waals surface area contributed by atoms with Crippen molar-refractivity contribution in [1.29, 1.82) is 0 Å². The largest absolute Gasteiger partial charge is 0.481 e. The highest BCUT2D eigenvalue weighted by Crippen LogP contribution is 2.59. The lowest BCUT2D eigenvalue weighted by atomic mass is 9.67. The Morgan fingerprint density at radius 2 is 1.11 bits per heavy atom. The Morgan fingerprint density at radius 1 is 0.714 bits per heavy atom. The second-order valence-electron chi connectivity index (χ2n) is 8.77. The van der Waals surface area contributed by atoms with E-state index in [1.807, 2.05) is 0 Å². The number of rotatable bonds is 6. The van der Waals surface area contributed by atoms with Gasteiger partial charge < -0.3 is 20.8 Å². The van der Waals surface area contributed by atoms with Gasteiger partial charge in [-0.15, -0.1) is 12.8 Å². The SMILES string of the molecule is C#Cc1cccc(NC(=O)C2C3CC(C2C(=O)O)C(C(=O)O)C3C(=O)Nc2cccc(C#C)c2)c1. The van der Waals surface area contributed by atoms with Gasteiger partial charge in [-0.2, -0.15) is 0 Å². The first-order chi connectivity index (χ1) is 16.7. The van der Waals surface area contributed by atoms with E-state index in [1.54, 1.807) is 48.5 Å². The molecule has 2 fully saturated rings. The van der Waals surface area contributed by atoms with Crippen molar-refractivity contribution in [3.8, 4) is 24.7 Å². The first-order valence-electron chi connectivity index (χ1n) is 11.0. The van der Waals surface area contributed by atoms with Crippen molar-refractivity contribution in [1.82, 2.24) is 0 Å². The van der Waals surface area contributed by atoms with Gasteiger partial charge in [0.25, 0.3) is 0 Å². The fourth-order valence-electron chi connectivity index (χ4n) is 5.63. The number of anilines is 2. The molecule has 2 bridgehead atoms. The standard InChI is InChI=1S/C27H22N2O6/c1-3-14-7-5-9-16(11-14)28-24(30)20-18-13-19(22(20)26(32)33)23(27(34)35)21(18)25(31)29-17-10-6-8-15(4-2)12-17/h1-2,5-12,18-23H,13H2,(H,28,30)(H,29,31)(H,32,33)(H,34,35). The van der Waals surface area contributed by atoms with Gasteiger partial charge in [-0.25, -0.2) is 0 Å². The number of fused-ring (bicyclic) bond motifs is 2. The highest BCUT2D eigenvalue weighted by Gasteiger charge is 2.66. The Hall–Kier alpha value is -4.56. The third-order valence-corrected chi connectivity index (χ3v) is 6.93. The fourth-order valence-corrected chi connectivity index (χ4v) is 5.63. The topological polar surface area (TPSA) is 133 Å². The molecule has 8 heteroatoms. The molecule has 2 amide bonds. The summed E-state index contributed by atoms with van der Waals surface area (Å²) in [5.41, 5.74) is 1.84. The quantitative estimate of drug-likeness (QED) is 0.480. The summed E-state index contributed by atoms with van der Waals surface area (Å²) in [6.45, 7) is 0. The number of terminal acetylenes is 2. The molecule has 2 aromatic rings. The van der Waals surface area contributed by atoms with E-state index in [2.05, 4.69) is 22.5 Å². The van der Waals surface area contributed by atoms with Gasteiger partial charge >= 0.3 is 11.9 Å². The molecule has 0 saturated heterocycles. The van der Waals surface area contributed by atoms with Gasteiger partial charge in [0.05, 0.1) is 23.7 Å². The van der Waals surface area contributed by atoms with Crippen LogP contribution in [0.4, 0.5) is 11.4 Å². The molecular formula is C27H22N2O6. The highest BCUT2D eigenvalue weighted by atomic mass is 16.4. The van der Waals surface area contributed by atoms with Gasteiger partial charge in [-0.05, 0) is 54.7 Å². The van der Waals surface area contributed by atoms with Gasteiger partial charge in [0, 0.05) is 22.5 Å². The zero-order valence-corrected chi connectivity index (χ0v) is 18.5. The average Bonchev–Trinajstić information content (AvgIpc) is 3.41. The summed E-state index contributed by atoms with van der Waals surface area (Å²) in [5, 5.41) is 25.2. The summed E-state index contributed by atoms with van der Waals surface area (Å²) in [6, 6.07) is 13.0. The van der Waals surface area contributed by atoms with Crippen LogP contribution < -0.4 is 10.6 Å². The Labute approximate surface area is 201 Å². The summed E-state index contributed by atoms with van der Waals surface area (Å²) >= 11 is 0. The van der Waals surface area contributed by atoms with E-state index in [-0.39, 0.29) is 6.42 Å². The Balaban J connectivity index is 1.64. The maximum absolute atomic E-state index is 13.3. The first-order valence-corrected chi connectivity index (χ1v) is 11.0. The number of amides is 2. The van der Waals surface area contributed by atoms with Crippen LogP contribution >= 0.6 is 0 Å². The zero-order chi connectivity index (χ0) is 25.3.